The predicted molar refractivity (Wildman–Crippen MR) is 73.1 cm³/mol. The van der Waals surface area contributed by atoms with Crippen LogP contribution in [0.5, 0.6) is 5.75 Å². The van der Waals surface area contributed by atoms with Gasteiger partial charge in [-0.05, 0) is 42.3 Å². The van der Waals surface area contributed by atoms with E-state index < -0.39 is 18.4 Å². The van der Waals surface area contributed by atoms with Crippen molar-refractivity contribution in [3.63, 3.8) is 0 Å². The summed E-state index contributed by atoms with van der Waals surface area (Å²) in [5, 5.41) is 5.62. The maximum Gasteiger partial charge on any atom is 0.408 e. The third-order valence-corrected chi connectivity index (χ3v) is 6.35. The molecule has 3 nitrogen and oxygen atoms in total. The number of benzene rings is 1. The van der Waals surface area contributed by atoms with Gasteiger partial charge in [0.25, 0.3) is 0 Å². The van der Waals surface area contributed by atoms with E-state index in [-0.39, 0.29) is 0 Å². The summed E-state index contributed by atoms with van der Waals surface area (Å²) in [6, 6.07) is 10.4. The van der Waals surface area contributed by atoms with Gasteiger partial charge in [-0.2, -0.15) is 8.42 Å². The quantitative estimate of drug-likeness (QED) is 0.482. The fraction of sp³-hybridized carbons (Fsp3) is 0.0769. The highest BCUT2D eigenvalue weighted by Gasteiger charge is 2.19. The summed E-state index contributed by atoms with van der Waals surface area (Å²) < 4.78 is 28.7. The smallest absolute Gasteiger partial charge is 0.408 e. The van der Waals surface area contributed by atoms with Crippen LogP contribution in [0.2, 0.25) is 0 Å². The Kier molecular flexibility index (Phi) is 3.70. The Balaban J connectivity index is 2.26. The van der Waals surface area contributed by atoms with Crippen LogP contribution in [0.25, 0.3) is 0 Å². The molecule has 5 heteroatoms. The molecule has 0 aliphatic carbocycles. The number of thiophene rings is 1. The molecular weight excluding hydrogens is 268 g/mol. The first-order chi connectivity index (χ1) is 8.62. The van der Waals surface area contributed by atoms with Crippen LogP contribution in [0.3, 0.4) is 0 Å². The van der Waals surface area contributed by atoms with Gasteiger partial charge in [-0.1, -0.05) is 0 Å². The van der Waals surface area contributed by atoms with Crippen LogP contribution in [0.15, 0.2) is 47.2 Å². The van der Waals surface area contributed by atoms with E-state index in [2.05, 4.69) is 11.2 Å². The maximum absolute atomic E-state index is 11.8. The monoisotopic (exact) mass is 279 g/mol. The van der Waals surface area contributed by atoms with Crippen molar-refractivity contribution < 1.29 is 13.2 Å². The van der Waals surface area contributed by atoms with Crippen LogP contribution < -0.4 is 4.74 Å². The summed E-state index contributed by atoms with van der Waals surface area (Å²) in [7, 11) is -2.74. The van der Waals surface area contributed by atoms with Gasteiger partial charge in [-0.25, -0.2) is 0 Å². The van der Waals surface area contributed by atoms with E-state index >= 15 is 0 Å². The van der Waals surface area contributed by atoms with Gasteiger partial charge < -0.3 is 4.74 Å². The topological polar surface area (TPSA) is 43.4 Å². The van der Waals surface area contributed by atoms with Gasteiger partial charge in [-0.15, -0.1) is 0 Å². The lowest BCUT2D eigenvalue weighted by molar-refractivity contribution is 0.415. The van der Waals surface area contributed by atoms with Gasteiger partial charge in [0, 0.05) is 5.56 Å². The lowest BCUT2D eigenvalue weighted by Crippen LogP contribution is -1.88. The molecule has 0 saturated carbocycles. The largest absolute Gasteiger partial charge is 0.497 e. The normalized spacial score (nSPS) is 10.5. The van der Waals surface area contributed by atoms with Crippen molar-refractivity contribution in [2.45, 2.75) is 0 Å². The number of ether oxygens (including phenoxy) is 1. The summed E-state index contributed by atoms with van der Waals surface area (Å²) in [6.07, 6.45) is 0. The van der Waals surface area contributed by atoms with E-state index in [1.54, 1.807) is 54.3 Å². The Morgan fingerprint density at radius 2 is 1.72 bits per heavy atom. The van der Waals surface area contributed by atoms with Crippen molar-refractivity contribution in [1.29, 1.82) is 0 Å². The summed E-state index contributed by atoms with van der Waals surface area (Å²) in [5.74, 6) is 3.37. The van der Waals surface area contributed by atoms with Crippen molar-refractivity contribution >= 4 is 18.4 Å². The molecule has 0 radical (unpaired) electrons. The fourth-order valence-corrected chi connectivity index (χ4v) is 4.17. The lowest BCUT2D eigenvalue weighted by atomic mass is 10.2. The highest BCUT2D eigenvalue weighted by molar-refractivity contribution is 8.41. The van der Waals surface area contributed by atoms with E-state index in [9.17, 15) is 8.42 Å². The van der Waals surface area contributed by atoms with Gasteiger partial charge in [0.05, 0.1) is 12.4 Å². The molecule has 92 valence electrons. The van der Waals surface area contributed by atoms with Crippen LogP contribution >= 0.6 is 9.50 Å². The highest BCUT2D eigenvalue weighted by Crippen LogP contribution is 2.24. The van der Waals surface area contributed by atoms with E-state index in [4.69, 9.17) is 4.74 Å². The molecule has 0 saturated heterocycles. The Morgan fingerprint density at radius 3 is 2.28 bits per heavy atom. The first-order valence-electron chi connectivity index (χ1n) is 5.11. The van der Waals surface area contributed by atoms with E-state index in [1.807, 2.05) is 0 Å². The van der Waals surface area contributed by atoms with Crippen molar-refractivity contribution in [3.8, 4) is 16.9 Å². The van der Waals surface area contributed by atoms with Crippen molar-refractivity contribution in [2.75, 3.05) is 7.11 Å². The van der Waals surface area contributed by atoms with Crippen LogP contribution in [-0.4, -0.2) is 15.5 Å². The summed E-state index contributed by atoms with van der Waals surface area (Å²) in [6.45, 7) is 0. The Hall–Kier alpha value is -1.77. The van der Waals surface area contributed by atoms with Crippen molar-refractivity contribution in [2.24, 2.45) is 0 Å². The van der Waals surface area contributed by atoms with E-state index in [0.29, 0.717) is 11.3 Å². The van der Waals surface area contributed by atoms with Gasteiger partial charge in [0.15, 0.2) is 10.8 Å². The predicted octanol–water partition coefficient (Wildman–Crippen LogP) is 2.63. The fourth-order valence-electron chi connectivity index (χ4n) is 1.28. The number of hydrogen-bond donors (Lipinski definition) is 0. The van der Waals surface area contributed by atoms with Crippen molar-refractivity contribution in [3.05, 3.63) is 52.7 Å². The molecule has 0 aliphatic heterocycles. The standard InChI is InChI=1S/C13H11O3S2/c1-16-13-6-4-12(5-7-13)8-11-18(14,15)17-9-2-3-10-17/h2-7,9-10H,1H3/q+1. The second-order valence-electron chi connectivity index (χ2n) is 3.40. The summed E-state index contributed by atoms with van der Waals surface area (Å²) in [4.78, 5) is 0. The molecule has 0 atom stereocenters. The molecule has 1 aromatic heterocycles. The van der Waals surface area contributed by atoms with Crippen LogP contribution in [0, 0.1) is 11.2 Å². The molecule has 0 unspecified atom stereocenters. The van der Waals surface area contributed by atoms with Crippen LogP contribution in [0.1, 0.15) is 5.56 Å². The highest BCUT2D eigenvalue weighted by atomic mass is 33.2. The Morgan fingerprint density at radius 1 is 1.11 bits per heavy atom. The molecule has 1 heterocycles. The molecule has 2 aromatic rings. The minimum Gasteiger partial charge on any atom is -0.497 e. The van der Waals surface area contributed by atoms with E-state index in [1.165, 1.54) is 0 Å². The van der Waals surface area contributed by atoms with Crippen LogP contribution in [0.4, 0.5) is 0 Å². The summed E-state index contributed by atoms with van der Waals surface area (Å²) >= 11 is 0. The maximum atomic E-state index is 11.8. The molecule has 0 fully saturated rings. The molecule has 2 rings (SSSR count). The second kappa shape index (κ2) is 5.25. The second-order valence-corrected chi connectivity index (χ2v) is 8.18. The minimum absolute atomic E-state index is 0.648. The number of methoxy groups -OCH3 is 1. The first-order valence-corrected chi connectivity index (χ1v) is 8.46. The zero-order valence-electron chi connectivity index (χ0n) is 9.66. The van der Waals surface area contributed by atoms with Crippen molar-refractivity contribution in [1.82, 2.24) is 0 Å². The Labute approximate surface area is 108 Å². The Bertz CT molecular complexity index is 672. The zero-order chi connectivity index (χ0) is 13.0. The number of hydrogen-bond acceptors (Lipinski definition) is 3. The average Bonchev–Trinajstić information content (AvgIpc) is 2.92. The molecule has 1 aromatic carbocycles. The molecule has 0 bridgehead atoms. The molecule has 0 N–H and O–H groups in total. The van der Waals surface area contributed by atoms with Crippen LogP contribution in [-0.2, 0) is 8.87 Å². The zero-order valence-corrected chi connectivity index (χ0v) is 11.3. The van der Waals surface area contributed by atoms with Gasteiger partial charge in [0.2, 0.25) is 0 Å². The van der Waals surface area contributed by atoms with Gasteiger partial charge in [0.1, 0.15) is 15.3 Å². The number of rotatable bonds is 2. The van der Waals surface area contributed by atoms with Gasteiger partial charge >= 0.3 is 8.87 Å². The molecular formula is C13H11O3S2+. The first kappa shape index (κ1) is 12.7. The third kappa shape index (κ3) is 2.92. The minimum atomic E-state index is -3.41. The molecule has 0 spiro atoms. The molecule has 0 aliphatic rings. The van der Waals surface area contributed by atoms with E-state index in [0.717, 1.165) is 0 Å². The third-order valence-electron chi connectivity index (χ3n) is 2.20. The SMILES string of the molecule is COc1ccc(C#CS(=O)(=O)[s+]2cccc2)cc1. The lowest BCUT2D eigenvalue weighted by Gasteiger charge is -1.97. The molecule has 18 heavy (non-hydrogen) atoms. The average molecular weight is 279 g/mol. The van der Waals surface area contributed by atoms with Gasteiger partial charge in [-0.3, -0.25) is 0 Å². The molecule has 0 amide bonds. The summed E-state index contributed by atoms with van der Waals surface area (Å²) in [5.41, 5.74) is 0.648.